The van der Waals surface area contributed by atoms with Crippen LogP contribution >= 0.6 is 0 Å². The topological polar surface area (TPSA) is 94.7 Å². The zero-order valence-electron chi connectivity index (χ0n) is 13.1. The van der Waals surface area contributed by atoms with E-state index in [1.807, 2.05) is 25.1 Å². The minimum atomic E-state index is -0.247. The summed E-state index contributed by atoms with van der Waals surface area (Å²) in [6.07, 6.45) is 2.88. The van der Waals surface area contributed by atoms with E-state index >= 15 is 0 Å². The lowest BCUT2D eigenvalue weighted by Crippen LogP contribution is -2.32. The van der Waals surface area contributed by atoms with Crippen LogP contribution in [0.15, 0.2) is 53.8 Å². The summed E-state index contributed by atoms with van der Waals surface area (Å²) in [6.45, 7) is 2.48. The molecule has 1 N–H and O–H groups in total. The van der Waals surface area contributed by atoms with Crippen molar-refractivity contribution in [1.29, 1.82) is 0 Å². The molecule has 0 aliphatic carbocycles. The second-order valence-electron chi connectivity index (χ2n) is 5.22. The molecular weight excluding hydrogens is 308 g/mol. The number of hydrogen-bond acceptors (Lipinski definition) is 5. The average Bonchev–Trinajstić information content (AvgIpc) is 3.11. The number of aromatic nitrogens is 5. The molecular formula is C16H16N6O2. The zero-order chi connectivity index (χ0) is 16.9. The molecule has 0 saturated carbocycles. The lowest BCUT2D eigenvalue weighted by atomic mass is 10.1. The Morgan fingerprint density at radius 1 is 1.25 bits per heavy atom. The van der Waals surface area contributed by atoms with Crippen molar-refractivity contribution >= 4 is 5.91 Å². The summed E-state index contributed by atoms with van der Waals surface area (Å²) >= 11 is 0. The highest BCUT2D eigenvalue weighted by Crippen LogP contribution is 2.03. The van der Waals surface area contributed by atoms with Gasteiger partial charge in [0, 0.05) is 18.2 Å². The van der Waals surface area contributed by atoms with E-state index in [1.54, 1.807) is 12.1 Å². The molecule has 0 fully saturated rings. The van der Waals surface area contributed by atoms with Crippen LogP contribution in [0.5, 0.6) is 0 Å². The van der Waals surface area contributed by atoms with Gasteiger partial charge in [-0.15, -0.1) is 5.10 Å². The SMILES string of the molecule is Cc1cccc(C(=O)NCCn2nc(-n3cncn3)ccc2=O)c1. The molecule has 0 aliphatic heterocycles. The van der Waals surface area contributed by atoms with Crippen LogP contribution in [-0.2, 0) is 6.54 Å². The summed E-state index contributed by atoms with van der Waals surface area (Å²) in [5.74, 6) is 0.302. The molecule has 0 spiro atoms. The molecule has 0 bridgehead atoms. The van der Waals surface area contributed by atoms with Gasteiger partial charge in [0.25, 0.3) is 11.5 Å². The fraction of sp³-hybridized carbons (Fsp3) is 0.188. The van der Waals surface area contributed by atoms with Gasteiger partial charge in [0.15, 0.2) is 5.82 Å². The highest BCUT2D eigenvalue weighted by Gasteiger charge is 2.06. The van der Waals surface area contributed by atoms with Gasteiger partial charge in [-0.3, -0.25) is 9.59 Å². The predicted molar refractivity (Wildman–Crippen MR) is 86.9 cm³/mol. The number of nitrogens with one attached hydrogen (secondary N) is 1. The third kappa shape index (κ3) is 3.54. The first-order valence-electron chi connectivity index (χ1n) is 7.41. The zero-order valence-corrected chi connectivity index (χ0v) is 13.1. The maximum atomic E-state index is 12.1. The van der Waals surface area contributed by atoms with E-state index in [2.05, 4.69) is 20.5 Å². The predicted octanol–water partition coefficient (Wildman–Crippen LogP) is 0.562. The van der Waals surface area contributed by atoms with Gasteiger partial charge in [-0.05, 0) is 25.1 Å². The minimum Gasteiger partial charge on any atom is -0.350 e. The number of hydrogen-bond donors (Lipinski definition) is 1. The van der Waals surface area contributed by atoms with E-state index in [-0.39, 0.29) is 18.0 Å². The standard InChI is InChI=1S/C16H16N6O2/c1-12-3-2-4-13(9-12)16(24)18-7-8-21-15(23)6-5-14(20-21)22-11-17-10-19-22/h2-6,9-11H,7-8H2,1H3,(H,18,24). The van der Waals surface area contributed by atoms with Crippen LogP contribution in [0.3, 0.4) is 0 Å². The first-order chi connectivity index (χ1) is 11.6. The summed E-state index contributed by atoms with van der Waals surface area (Å²) in [4.78, 5) is 27.8. The molecule has 3 aromatic rings. The second-order valence-corrected chi connectivity index (χ2v) is 5.22. The fourth-order valence-electron chi connectivity index (χ4n) is 2.21. The lowest BCUT2D eigenvalue weighted by Gasteiger charge is -2.08. The lowest BCUT2D eigenvalue weighted by molar-refractivity contribution is 0.0951. The minimum absolute atomic E-state index is 0.181. The number of amides is 1. The van der Waals surface area contributed by atoms with Gasteiger partial charge >= 0.3 is 0 Å². The van der Waals surface area contributed by atoms with Crippen LogP contribution in [0.25, 0.3) is 5.82 Å². The van der Waals surface area contributed by atoms with E-state index in [4.69, 9.17) is 0 Å². The van der Waals surface area contributed by atoms with Crippen molar-refractivity contribution in [2.24, 2.45) is 0 Å². The summed E-state index contributed by atoms with van der Waals surface area (Å²) in [5.41, 5.74) is 1.36. The van der Waals surface area contributed by atoms with E-state index in [0.29, 0.717) is 17.9 Å². The Balaban J connectivity index is 1.65. The van der Waals surface area contributed by atoms with Crippen molar-refractivity contribution in [2.75, 3.05) is 6.54 Å². The molecule has 2 heterocycles. The van der Waals surface area contributed by atoms with Crippen molar-refractivity contribution in [3.8, 4) is 5.82 Å². The fourth-order valence-corrected chi connectivity index (χ4v) is 2.21. The molecule has 0 saturated heterocycles. The molecule has 8 nitrogen and oxygen atoms in total. The second kappa shape index (κ2) is 6.86. The molecule has 0 atom stereocenters. The Bertz CT molecular complexity index is 901. The highest BCUT2D eigenvalue weighted by atomic mass is 16.2. The van der Waals surface area contributed by atoms with Crippen LogP contribution in [0.2, 0.25) is 0 Å². The number of carbonyl (C=O) groups excluding carboxylic acids is 1. The van der Waals surface area contributed by atoms with Crippen molar-refractivity contribution in [3.05, 3.63) is 70.5 Å². The van der Waals surface area contributed by atoms with Gasteiger partial charge < -0.3 is 5.32 Å². The van der Waals surface area contributed by atoms with Gasteiger partial charge in [0.2, 0.25) is 0 Å². The third-order valence-corrected chi connectivity index (χ3v) is 3.40. The molecule has 1 aromatic carbocycles. The van der Waals surface area contributed by atoms with Gasteiger partial charge in [-0.2, -0.15) is 5.10 Å². The van der Waals surface area contributed by atoms with Gasteiger partial charge in [0.1, 0.15) is 12.7 Å². The van der Waals surface area contributed by atoms with Crippen molar-refractivity contribution < 1.29 is 4.79 Å². The molecule has 3 rings (SSSR count). The highest BCUT2D eigenvalue weighted by molar-refractivity contribution is 5.94. The number of benzene rings is 1. The van der Waals surface area contributed by atoms with E-state index < -0.39 is 0 Å². The first-order valence-corrected chi connectivity index (χ1v) is 7.41. The van der Waals surface area contributed by atoms with Crippen LogP contribution < -0.4 is 10.9 Å². The average molecular weight is 324 g/mol. The van der Waals surface area contributed by atoms with Crippen LogP contribution in [0.4, 0.5) is 0 Å². The molecule has 122 valence electrons. The normalized spacial score (nSPS) is 10.5. The van der Waals surface area contributed by atoms with Gasteiger partial charge in [-0.25, -0.2) is 14.3 Å². The Labute approximate surface area is 137 Å². The molecule has 0 aliphatic rings. The van der Waals surface area contributed by atoms with E-state index in [0.717, 1.165) is 5.56 Å². The molecule has 24 heavy (non-hydrogen) atoms. The van der Waals surface area contributed by atoms with Gasteiger partial charge in [-0.1, -0.05) is 17.7 Å². The largest absolute Gasteiger partial charge is 0.350 e. The smallest absolute Gasteiger partial charge is 0.266 e. The molecule has 1 amide bonds. The Morgan fingerprint density at radius 2 is 2.12 bits per heavy atom. The summed E-state index contributed by atoms with van der Waals surface area (Å²) in [6, 6.07) is 10.3. The number of nitrogens with zero attached hydrogens (tertiary/aromatic N) is 5. The monoisotopic (exact) mass is 324 g/mol. The Kier molecular flexibility index (Phi) is 4.46. The molecule has 8 heteroatoms. The molecule has 0 unspecified atom stereocenters. The number of aryl methyl sites for hydroxylation is 1. The summed E-state index contributed by atoms with van der Waals surface area (Å²) in [7, 11) is 0. The van der Waals surface area contributed by atoms with Crippen LogP contribution in [0, 0.1) is 6.92 Å². The van der Waals surface area contributed by atoms with Crippen LogP contribution in [0.1, 0.15) is 15.9 Å². The van der Waals surface area contributed by atoms with Crippen LogP contribution in [-0.4, -0.2) is 37.0 Å². The molecule has 0 radical (unpaired) electrons. The van der Waals surface area contributed by atoms with Crippen molar-refractivity contribution in [3.63, 3.8) is 0 Å². The number of rotatable bonds is 5. The molecule has 2 aromatic heterocycles. The van der Waals surface area contributed by atoms with E-state index in [1.165, 1.54) is 28.1 Å². The maximum Gasteiger partial charge on any atom is 0.266 e. The third-order valence-electron chi connectivity index (χ3n) is 3.40. The summed E-state index contributed by atoms with van der Waals surface area (Å²) < 4.78 is 2.74. The number of carbonyl (C=O) groups is 1. The Morgan fingerprint density at radius 3 is 2.88 bits per heavy atom. The first kappa shape index (κ1) is 15.6. The maximum absolute atomic E-state index is 12.1. The van der Waals surface area contributed by atoms with Gasteiger partial charge in [0.05, 0.1) is 6.54 Å². The van der Waals surface area contributed by atoms with E-state index in [9.17, 15) is 9.59 Å². The van der Waals surface area contributed by atoms with Crippen molar-refractivity contribution in [2.45, 2.75) is 13.5 Å². The Hall–Kier alpha value is -3.29. The summed E-state index contributed by atoms with van der Waals surface area (Å²) in [5, 5.41) is 11.0. The quantitative estimate of drug-likeness (QED) is 0.740. The van der Waals surface area contributed by atoms with Crippen molar-refractivity contribution in [1.82, 2.24) is 29.9 Å².